The Labute approximate surface area is 179 Å². The first-order chi connectivity index (χ1) is 14.0. The Bertz CT molecular complexity index is 889. The molecule has 2 rings (SSSR count). The molecule has 0 saturated heterocycles. The lowest BCUT2D eigenvalue weighted by molar-refractivity contribution is -0.155. The van der Waals surface area contributed by atoms with Crippen LogP contribution in [0.4, 0.5) is 9.18 Å². The highest BCUT2D eigenvalue weighted by Crippen LogP contribution is 2.35. The average molecular weight is 436 g/mol. The molecular weight excluding hydrogens is 409 g/mol. The van der Waals surface area contributed by atoms with Gasteiger partial charge < -0.3 is 14.8 Å². The number of thiophene rings is 1. The van der Waals surface area contributed by atoms with E-state index in [4.69, 9.17) is 9.47 Å². The van der Waals surface area contributed by atoms with Crippen molar-refractivity contribution in [2.24, 2.45) is 0 Å². The van der Waals surface area contributed by atoms with E-state index in [1.807, 2.05) is 6.92 Å². The normalized spacial score (nSPS) is 14.3. The molecule has 30 heavy (non-hydrogen) atoms. The second-order valence-corrected chi connectivity index (χ2v) is 8.54. The lowest BCUT2D eigenvalue weighted by atomic mass is 9.84. The molecule has 2 atom stereocenters. The number of ether oxygens (including phenoxy) is 2. The number of nitrogens with one attached hydrogen (secondary N) is 1. The topological polar surface area (TPSA) is 81.7 Å². The zero-order valence-corrected chi connectivity index (χ0v) is 18.5. The molecule has 1 aromatic carbocycles. The number of Topliss-reactive ketones (excluding diaryl/α,β-unsaturated/α-hetero) is 1. The van der Waals surface area contributed by atoms with Gasteiger partial charge in [-0.15, -0.1) is 0 Å². The van der Waals surface area contributed by atoms with Crippen LogP contribution in [0.2, 0.25) is 0 Å². The second-order valence-electron chi connectivity index (χ2n) is 7.76. The van der Waals surface area contributed by atoms with Crippen LogP contribution in [0.15, 0.2) is 41.1 Å². The largest absolute Gasteiger partial charge is 0.463 e. The molecular formula is C22H26FNO5S. The van der Waals surface area contributed by atoms with E-state index in [9.17, 15) is 14.4 Å². The number of carbonyl (C=O) groups excluding carboxylic acids is 3. The van der Waals surface area contributed by atoms with Crippen molar-refractivity contribution in [2.45, 2.75) is 51.9 Å². The summed E-state index contributed by atoms with van der Waals surface area (Å²) in [7, 11) is 0. The first-order valence-electron chi connectivity index (χ1n) is 9.48. The van der Waals surface area contributed by atoms with E-state index in [2.05, 4.69) is 5.32 Å². The van der Waals surface area contributed by atoms with Crippen molar-refractivity contribution in [1.29, 1.82) is 0 Å². The molecule has 8 heteroatoms. The maximum Gasteiger partial charge on any atom is 0.408 e. The van der Waals surface area contributed by atoms with Gasteiger partial charge in [-0.3, -0.25) is 4.79 Å². The lowest BCUT2D eigenvalue weighted by Crippen LogP contribution is -2.55. The van der Waals surface area contributed by atoms with Crippen LogP contribution in [0.5, 0.6) is 0 Å². The van der Waals surface area contributed by atoms with Crippen LogP contribution < -0.4 is 5.32 Å². The third kappa shape index (κ3) is 5.44. The summed E-state index contributed by atoms with van der Waals surface area (Å²) < 4.78 is 26.6. The maximum absolute atomic E-state index is 16.5. The van der Waals surface area contributed by atoms with Gasteiger partial charge in [0.15, 0.2) is 0 Å². The third-order valence-electron chi connectivity index (χ3n) is 4.16. The van der Waals surface area contributed by atoms with E-state index in [0.717, 1.165) is 5.56 Å². The number of alkyl halides is 1. The molecule has 1 N–H and O–H groups in total. The number of aryl methyl sites for hydroxylation is 1. The monoisotopic (exact) mass is 435 g/mol. The van der Waals surface area contributed by atoms with Crippen molar-refractivity contribution in [1.82, 2.24) is 5.32 Å². The Morgan fingerprint density at radius 3 is 2.27 bits per heavy atom. The number of alkyl carbamates (subject to hydrolysis) is 1. The first-order valence-corrected chi connectivity index (χ1v) is 10.4. The highest BCUT2D eigenvalue weighted by Gasteiger charge is 2.56. The molecule has 0 saturated carbocycles. The van der Waals surface area contributed by atoms with E-state index in [-0.39, 0.29) is 17.7 Å². The van der Waals surface area contributed by atoms with Gasteiger partial charge in [0.1, 0.15) is 11.6 Å². The van der Waals surface area contributed by atoms with Crippen molar-refractivity contribution in [3.8, 4) is 0 Å². The fraction of sp³-hybridized carbons (Fsp3) is 0.409. The number of hydrogen-bond acceptors (Lipinski definition) is 6. The Kier molecular flexibility index (Phi) is 7.36. The minimum Gasteiger partial charge on any atom is -0.463 e. The van der Waals surface area contributed by atoms with Gasteiger partial charge in [0.25, 0.3) is 5.67 Å². The molecule has 0 unspecified atom stereocenters. The van der Waals surface area contributed by atoms with E-state index >= 15 is 4.39 Å². The van der Waals surface area contributed by atoms with Crippen molar-refractivity contribution < 1.29 is 28.2 Å². The van der Waals surface area contributed by atoms with Crippen LogP contribution in [-0.4, -0.2) is 35.7 Å². The number of amides is 1. The number of esters is 1. The summed E-state index contributed by atoms with van der Waals surface area (Å²) in [5.41, 5.74) is -2.92. The number of rotatable bonds is 7. The van der Waals surface area contributed by atoms with Gasteiger partial charge in [-0.1, -0.05) is 29.8 Å². The standard InChI is InChI=1S/C22H26FNO5S/c1-6-28-19(26)22(23,18(25)16-11-12-30-13-16)17(15-9-7-14(2)8-10-15)24-20(27)29-21(3,4)5/h7-13,17H,6H2,1-5H3,(H,24,27)/t17-,22-/m0/s1. The van der Waals surface area contributed by atoms with Gasteiger partial charge >= 0.3 is 12.1 Å². The molecule has 0 aliphatic rings. The van der Waals surface area contributed by atoms with E-state index in [1.54, 1.807) is 50.4 Å². The SMILES string of the molecule is CCOC(=O)[C@@](F)(C(=O)c1ccsc1)[C@@H](NC(=O)OC(C)(C)C)c1ccc(C)cc1. The molecule has 2 aromatic rings. The lowest BCUT2D eigenvalue weighted by Gasteiger charge is -2.32. The fourth-order valence-electron chi connectivity index (χ4n) is 2.78. The van der Waals surface area contributed by atoms with E-state index in [1.165, 1.54) is 29.7 Å². The number of ketones is 1. The van der Waals surface area contributed by atoms with Gasteiger partial charge in [0, 0.05) is 10.9 Å². The van der Waals surface area contributed by atoms with E-state index in [0.29, 0.717) is 0 Å². The van der Waals surface area contributed by atoms with Gasteiger partial charge in [-0.25, -0.2) is 14.0 Å². The summed E-state index contributed by atoms with van der Waals surface area (Å²) >= 11 is 1.19. The highest BCUT2D eigenvalue weighted by atomic mass is 32.1. The van der Waals surface area contributed by atoms with Crippen molar-refractivity contribution in [3.63, 3.8) is 0 Å². The molecule has 1 heterocycles. The maximum atomic E-state index is 16.5. The molecule has 0 bridgehead atoms. The minimum absolute atomic E-state index is 0.0126. The van der Waals surface area contributed by atoms with Crippen LogP contribution >= 0.6 is 11.3 Å². The molecule has 0 radical (unpaired) electrons. The Morgan fingerprint density at radius 2 is 1.77 bits per heavy atom. The summed E-state index contributed by atoms with van der Waals surface area (Å²) in [5.74, 6) is -2.47. The number of hydrogen-bond donors (Lipinski definition) is 1. The molecule has 1 aromatic heterocycles. The highest BCUT2D eigenvalue weighted by molar-refractivity contribution is 7.08. The number of benzene rings is 1. The van der Waals surface area contributed by atoms with Crippen molar-refractivity contribution >= 4 is 29.2 Å². The van der Waals surface area contributed by atoms with E-state index < -0.39 is 35.2 Å². The average Bonchev–Trinajstić information content (AvgIpc) is 3.19. The zero-order valence-electron chi connectivity index (χ0n) is 17.7. The van der Waals surface area contributed by atoms with Crippen LogP contribution in [0.1, 0.15) is 55.2 Å². The molecule has 0 aliphatic heterocycles. The van der Waals surface area contributed by atoms with Crippen LogP contribution in [-0.2, 0) is 14.3 Å². The van der Waals surface area contributed by atoms with Crippen LogP contribution in [0.25, 0.3) is 0 Å². The summed E-state index contributed by atoms with van der Waals surface area (Å²) in [6.45, 7) is 8.17. The smallest absolute Gasteiger partial charge is 0.408 e. The summed E-state index contributed by atoms with van der Waals surface area (Å²) in [6, 6.07) is 6.25. The Morgan fingerprint density at radius 1 is 1.13 bits per heavy atom. The van der Waals surface area contributed by atoms with Crippen molar-refractivity contribution in [3.05, 3.63) is 57.8 Å². The number of halogens is 1. The predicted octanol–water partition coefficient (Wildman–Crippen LogP) is 4.78. The quantitative estimate of drug-likeness (QED) is 0.385. The molecule has 0 fully saturated rings. The van der Waals surface area contributed by atoms with Gasteiger partial charge in [0.2, 0.25) is 5.78 Å². The summed E-state index contributed by atoms with van der Waals surface area (Å²) in [5, 5.41) is 5.42. The molecule has 162 valence electrons. The number of carbonyl (C=O) groups is 3. The molecule has 1 amide bonds. The molecule has 0 spiro atoms. The molecule has 0 aliphatic carbocycles. The summed E-state index contributed by atoms with van der Waals surface area (Å²) in [4.78, 5) is 38.4. The molecule has 6 nitrogen and oxygen atoms in total. The Hall–Kier alpha value is -2.74. The van der Waals surface area contributed by atoms with Gasteiger partial charge in [0.05, 0.1) is 6.61 Å². The van der Waals surface area contributed by atoms with Crippen LogP contribution in [0.3, 0.4) is 0 Å². The predicted molar refractivity (Wildman–Crippen MR) is 112 cm³/mol. The zero-order chi connectivity index (χ0) is 22.5. The van der Waals surface area contributed by atoms with Crippen molar-refractivity contribution in [2.75, 3.05) is 6.61 Å². The first kappa shape index (κ1) is 23.5. The minimum atomic E-state index is -3.19. The van der Waals surface area contributed by atoms with Crippen LogP contribution in [0, 0.1) is 6.92 Å². The van der Waals surface area contributed by atoms with Gasteiger partial charge in [-0.2, -0.15) is 11.3 Å². The second kappa shape index (κ2) is 9.38. The Balaban J connectivity index is 2.58. The third-order valence-corrected chi connectivity index (χ3v) is 4.84. The van der Waals surface area contributed by atoms with Gasteiger partial charge in [-0.05, 0) is 51.6 Å². The summed E-state index contributed by atoms with van der Waals surface area (Å²) in [6.07, 6.45) is -0.961. The fourth-order valence-corrected chi connectivity index (χ4v) is 3.41.